The second-order valence-electron chi connectivity index (χ2n) is 7.85. The van der Waals surface area contributed by atoms with Crippen LogP contribution in [0.4, 0.5) is 5.69 Å². The summed E-state index contributed by atoms with van der Waals surface area (Å²) in [5.41, 5.74) is 1.33. The van der Waals surface area contributed by atoms with E-state index in [1.54, 1.807) is 30.3 Å². The van der Waals surface area contributed by atoms with E-state index in [0.29, 0.717) is 16.3 Å². The van der Waals surface area contributed by atoms with E-state index in [2.05, 4.69) is 31.0 Å². The first-order valence-corrected chi connectivity index (χ1v) is 11.6. The van der Waals surface area contributed by atoms with Crippen molar-refractivity contribution < 1.29 is 23.9 Å². The van der Waals surface area contributed by atoms with Gasteiger partial charge in [-0.15, -0.1) is 11.3 Å². The minimum absolute atomic E-state index is 0.00904. The number of hydrogen-bond donors (Lipinski definition) is 3. The summed E-state index contributed by atoms with van der Waals surface area (Å²) in [6, 6.07) is 10.0. The molecule has 1 aliphatic rings. The van der Waals surface area contributed by atoms with E-state index in [4.69, 9.17) is 4.74 Å². The van der Waals surface area contributed by atoms with E-state index in [1.165, 1.54) is 35.2 Å². The van der Waals surface area contributed by atoms with Gasteiger partial charge in [0.05, 0.1) is 17.1 Å². The maximum absolute atomic E-state index is 12.9. The van der Waals surface area contributed by atoms with E-state index in [-0.39, 0.29) is 48.6 Å². The number of carbonyl (C=O) groups is 4. The van der Waals surface area contributed by atoms with E-state index in [1.807, 2.05) is 0 Å². The van der Waals surface area contributed by atoms with Gasteiger partial charge in [-0.25, -0.2) is 4.98 Å². The van der Waals surface area contributed by atoms with Gasteiger partial charge in [0.25, 0.3) is 23.5 Å². The molecule has 13 heteroatoms. The highest BCUT2D eigenvalue weighted by molar-refractivity contribution is 7.14. The lowest BCUT2D eigenvalue weighted by molar-refractivity contribution is -0.118. The molecule has 0 fully saturated rings. The van der Waals surface area contributed by atoms with Gasteiger partial charge in [-0.3, -0.25) is 19.2 Å². The number of benzene rings is 1. The Kier molecular flexibility index (Phi) is 6.12. The first-order valence-electron chi connectivity index (χ1n) is 10.8. The molecule has 4 aromatic rings. The Bertz CT molecular complexity index is 1530. The summed E-state index contributed by atoms with van der Waals surface area (Å²) in [7, 11) is 0. The van der Waals surface area contributed by atoms with E-state index in [9.17, 15) is 19.2 Å². The van der Waals surface area contributed by atoms with Crippen molar-refractivity contribution in [3.8, 4) is 5.75 Å². The average molecular weight is 506 g/mol. The molecule has 1 aliphatic heterocycles. The fraction of sp³-hybridized carbons (Fsp3) is 0.174. The van der Waals surface area contributed by atoms with Crippen LogP contribution in [0.1, 0.15) is 48.0 Å². The minimum Gasteiger partial charge on any atom is -0.482 e. The molecular formula is C23H19N7O5S. The number of fused-ring (bicyclic) bond motifs is 2. The fourth-order valence-corrected chi connectivity index (χ4v) is 4.37. The zero-order valence-electron chi connectivity index (χ0n) is 18.9. The average Bonchev–Trinajstić information content (AvgIpc) is 3.54. The third kappa shape index (κ3) is 4.77. The fourth-order valence-electron chi connectivity index (χ4n) is 3.52. The van der Waals surface area contributed by atoms with Crippen LogP contribution in [0.5, 0.6) is 5.75 Å². The summed E-state index contributed by atoms with van der Waals surface area (Å²) in [5, 5.41) is 12.3. The summed E-state index contributed by atoms with van der Waals surface area (Å²) in [6.07, 6.45) is 1.24. The Morgan fingerprint density at radius 3 is 2.75 bits per heavy atom. The van der Waals surface area contributed by atoms with Crippen molar-refractivity contribution in [1.82, 2.24) is 30.2 Å². The lowest BCUT2D eigenvalue weighted by atomic mass is 10.1. The largest absolute Gasteiger partial charge is 0.482 e. The second kappa shape index (κ2) is 9.54. The van der Waals surface area contributed by atoms with Crippen LogP contribution >= 0.6 is 11.3 Å². The second-order valence-corrected chi connectivity index (χ2v) is 9.02. The van der Waals surface area contributed by atoms with Gasteiger partial charge < -0.3 is 20.7 Å². The Morgan fingerprint density at radius 2 is 1.94 bits per heavy atom. The number of ketones is 1. The van der Waals surface area contributed by atoms with Gasteiger partial charge in [0.2, 0.25) is 0 Å². The van der Waals surface area contributed by atoms with Crippen LogP contribution in [-0.2, 0) is 17.9 Å². The smallest absolute Gasteiger partial charge is 0.270 e. The Morgan fingerprint density at radius 1 is 1.11 bits per heavy atom. The molecular weight excluding hydrogens is 486 g/mol. The number of carbonyl (C=O) groups excluding carboxylic acids is 4. The third-order valence-corrected chi connectivity index (χ3v) is 6.46. The highest BCUT2D eigenvalue weighted by Crippen LogP contribution is 2.28. The molecule has 3 amide bonds. The van der Waals surface area contributed by atoms with Gasteiger partial charge in [0.1, 0.15) is 23.5 Å². The number of aromatic nitrogens is 4. The van der Waals surface area contributed by atoms with Crippen molar-refractivity contribution in [2.24, 2.45) is 0 Å². The molecule has 0 aliphatic carbocycles. The number of amides is 3. The lowest BCUT2D eigenvalue weighted by Gasteiger charge is -2.18. The molecule has 36 heavy (non-hydrogen) atoms. The number of nitrogens with one attached hydrogen (secondary N) is 3. The maximum Gasteiger partial charge on any atom is 0.270 e. The quantitative estimate of drug-likeness (QED) is 0.320. The van der Waals surface area contributed by atoms with E-state index in [0.717, 1.165) is 10.4 Å². The molecule has 1 aromatic carbocycles. The SMILES string of the molecule is CC(=O)c1ccc(CNC(=O)c2cc(C(=O)NCc3ccc4c(c3)NC(=O)CO4)nc3ncnn23)s1. The van der Waals surface area contributed by atoms with Crippen LogP contribution in [0.15, 0.2) is 42.7 Å². The topological polar surface area (TPSA) is 157 Å². The Hall–Kier alpha value is -4.65. The summed E-state index contributed by atoms with van der Waals surface area (Å²) >= 11 is 1.30. The van der Waals surface area contributed by atoms with Gasteiger partial charge in [0.15, 0.2) is 12.4 Å². The normalized spacial score (nSPS) is 12.4. The summed E-state index contributed by atoms with van der Waals surface area (Å²) in [5.74, 6) is -0.642. The highest BCUT2D eigenvalue weighted by Gasteiger charge is 2.20. The molecule has 5 rings (SSSR count). The van der Waals surface area contributed by atoms with Crippen molar-refractivity contribution in [1.29, 1.82) is 0 Å². The summed E-state index contributed by atoms with van der Waals surface area (Å²) in [4.78, 5) is 58.4. The van der Waals surface area contributed by atoms with Gasteiger partial charge in [-0.05, 0) is 36.8 Å². The van der Waals surface area contributed by atoms with Gasteiger partial charge in [0, 0.05) is 17.5 Å². The van der Waals surface area contributed by atoms with Gasteiger partial charge in [-0.1, -0.05) is 6.07 Å². The van der Waals surface area contributed by atoms with Crippen LogP contribution in [-0.4, -0.2) is 49.7 Å². The van der Waals surface area contributed by atoms with E-state index < -0.39 is 11.8 Å². The number of anilines is 1. The molecule has 0 radical (unpaired) electrons. The first-order chi connectivity index (χ1) is 17.4. The molecule has 12 nitrogen and oxygen atoms in total. The van der Waals surface area contributed by atoms with Crippen LogP contribution in [0.2, 0.25) is 0 Å². The van der Waals surface area contributed by atoms with E-state index >= 15 is 0 Å². The molecule has 3 N–H and O–H groups in total. The number of ether oxygens (including phenoxy) is 1. The van der Waals surface area contributed by atoms with Crippen LogP contribution in [0, 0.1) is 0 Å². The summed E-state index contributed by atoms with van der Waals surface area (Å²) < 4.78 is 6.58. The highest BCUT2D eigenvalue weighted by atomic mass is 32.1. The minimum atomic E-state index is -0.517. The Balaban J connectivity index is 1.30. The Labute approximate surface area is 207 Å². The number of rotatable bonds is 7. The predicted octanol–water partition coefficient (Wildman–Crippen LogP) is 1.58. The van der Waals surface area contributed by atoms with Crippen molar-refractivity contribution in [3.05, 3.63) is 69.4 Å². The standard InChI is InChI=1S/C23H19N7O5S/c1-12(31)19-5-3-14(36-19)9-25-22(34)17-7-16(29-23-26-11-27-30(17)23)21(33)24-8-13-2-4-18-15(6-13)28-20(32)10-35-18/h2-7,11H,8-10H2,1H3,(H,24,33)(H,25,34)(H,28,32). The first kappa shape index (κ1) is 23.1. The zero-order valence-corrected chi connectivity index (χ0v) is 19.7. The molecule has 0 spiro atoms. The lowest BCUT2D eigenvalue weighted by Crippen LogP contribution is -2.28. The van der Waals surface area contributed by atoms with Crippen molar-refractivity contribution in [2.45, 2.75) is 20.0 Å². The van der Waals surface area contributed by atoms with Crippen molar-refractivity contribution in [2.75, 3.05) is 11.9 Å². The van der Waals surface area contributed by atoms with Crippen molar-refractivity contribution >= 4 is 46.3 Å². The molecule has 4 heterocycles. The number of Topliss-reactive ketones (excluding diaryl/α,β-unsaturated/α-hetero) is 1. The van der Waals surface area contributed by atoms with Gasteiger partial charge in [-0.2, -0.15) is 14.6 Å². The zero-order chi connectivity index (χ0) is 25.2. The van der Waals surface area contributed by atoms with Crippen LogP contribution < -0.4 is 20.7 Å². The summed E-state index contributed by atoms with van der Waals surface area (Å²) in [6.45, 7) is 1.80. The predicted molar refractivity (Wildman–Crippen MR) is 128 cm³/mol. The molecule has 3 aromatic heterocycles. The molecule has 182 valence electrons. The number of hydrogen-bond acceptors (Lipinski definition) is 9. The molecule has 0 atom stereocenters. The molecule has 0 bridgehead atoms. The molecule has 0 saturated carbocycles. The molecule has 0 unspecified atom stereocenters. The number of nitrogens with zero attached hydrogens (tertiary/aromatic N) is 4. The third-order valence-electron chi connectivity index (χ3n) is 5.28. The maximum atomic E-state index is 12.9. The number of thiophene rings is 1. The van der Waals surface area contributed by atoms with Gasteiger partial charge >= 0.3 is 0 Å². The van der Waals surface area contributed by atoms with Crippen LogP contribution in [0.3, 0.4) is 0 Å². The monoisotopic (exact) mass is 505 g/mol. The van der Waals surface area contributed by atoms with Crippen LogP contribution in [0.25, 0.3) is 5.78 Å². The molecule has 0 saturated heterocycles. The van der Waals surface area contributed by atoms with Crippen molar-refractivity contribution in [3.63, 3.8) is 0 Å².